The largest absolute Gasteiger partial charge is 0.416 e. The maximum absolute atomic E-state index is 12.8. The van der Waals surface area contributed by atoms with Crippen LogP contribution < -0.4 is 4.90 Å². The van der Waals surface area contributed by atoms with Gasteiger partial charge in [-0.05, 0) is 38.5 Å². The predicted molar refractivity (Wildman–Crippen MR) is 79.2 cm³/mol. The van der Waals surface area contributed by atoms with Crippen molar-refractivity contribution in [2.24, 2.45) is 0 Å². The van der Waals surface area contributed by atoms with Crippen molar-refractivity contribution >= 4 is 11.6 Å². The molecule has 0 aromatic heterocycles. The van der Waals surface area contributed by atoms with E-state index in [4.69, 9.17) is 9.47 Å². The molecule has 0 saturated carbocycles. The second-order valence-corrected chi connectivity index (χ2v) is 5.70. The van der Waals surface area contributed by atoms with Gasteiger partial charge in [0.1, 0.15) is 6.61 Å². The summed E-state index contributed by atoms with van der Waals surface area (Å²) in [5, 5.41) is 0. The number of carbonyl (C=O) groups excluding carboxylic acids is 1. The lowest BCUT2D eigenvalue weighted by atomic mass is 10.1. The summed E-state index contributed by atoms with van der Waals surface area (Å²) < 4.78 is 49.2. The molecule has 1 aromatic carbocycles. The van der Waals surface area contributed by atoms with Gasteiger partial charge >= 0.3 is 6.18 Å². The molecule has 0 spiro atoms. The first kappa shape index (κ1) is 17.7. The lowest BCUT2D eigenvalue weighted by molar-refractivity contribution is -0.137. The van der Waals surface area contributed by atoms with E-state index in [0.717, 1.165) is 18.6 Å². The summed E-state index contributed by atoms with van der Waals surface area (Å²) in [6, 6.07) is 4.47. The molecule has 0 radical (unpaired) electrons. The first-order valence-electron chi connectivity index (χ1n) is 7.47. The second kappa shape index (κ2) is 7.31. The lowest BCUT2D eigenvalue weighted by Gasteiger charge is -2.28. The molecule has 23 heavy (non-hydrogen) atoms. The van der Waals surface area contributed by atoms with Crippen LogP contribution >= 0.6 is 0 Å². The van der Waals surface area contributed by atoms with Crippen molar-refractivity contribution in [1.82, 2.24) is 0 Å². The predicted octanol–water partition coefficient (Wildman–Crippen LogP) is 3.25. The number of rotatable bonds is 5. The Balaban J connectivity index is 2.12. The maximum atomic E-state index is 12.8. The lowest BCUT2D eigenvalue weighted by Crippen LogP contribution is -2.40. The topological polar surface area (TPSA) is 38.8 Å². The number of hydrogen-bond acceptors (Lipinski definition) is 3. The number of hydrogen-bond donors (Lipinski definition) is 0. The zero-order chi connectivity index (χ0) is 17.0. The number of amides is 1. The summed E-state index contributed by atoms with van der Waals surface area (Å²) in [5.74, 6) is -0.369. The fourth-order valence-electron chi connectivity index (χ4n) is 2.47. The van der Waals surface area contributed by atoms with E-state index >= 15 is 0 Å². The van der Waals surface area contributed by atoms with E-state index < -0.39 is 11.7 Å². The Morgan fingerprint density at radius 2 is 2.17 bits per heavy atom. The molecule has 7 heteroatoms. The Morgan fingerprint density at radius 1 is 1.43 bits per heavy atom. The van der Waals surface area contributed by atoms with Crippen LogP contribution in [0.4, 0.5) is 18.9 Å². The molecule has 1 aliphatic rings. The molecule has 1 aromatic rings. The Morgan fingerprint density at radius 3 is 2.74 bits per heavy atom. The van der Waals surface area contributed by atoms with Crippen LogP contribution in [0.15, 0.2) is 24.3 Å². The standard InChI is InChI=1S/C16H20F3NO3/c1-11(2)20(15(21)10-23-14-6-7-22-9-14)13-5-3-4-12(8-13)16(17,18)19/h3-5,8,11,14H,6-7,9-10H2,1-2H3. The molecule has 128 valence electrons. The molecule has 1 aliphatic heterocycles. The third kappa shape index (κ3) is 4.68. The minimum absolute atomic E-state index is 0.130. The Bertz CT molecular complexity index is 540. The third-order valence-corrected chi connectivity index (χ3v) is 3.57. The van der Waals surface area contributed by atoms with Crippen LogP contribution in [0.2, 0.25) is 0 Å². The van der Waals surface area contributed by atoms with E-state index in [0.29, 0.717) is 13.2 Å². The van der Waals surface area contributed by atoms with Gasteiger partial charge in [-0.25, -0.2) is 0 Å². The highest BCUT2D eigenvalue weighted by atomic mass is 19.4. The summed E-state index contributed by atoms with van der Waals surface area (Å²) in [7, 11) is 0. The van der Waals surface area contributed by atoms with Gasteiger partial charge in [0, 0.05) is 18.3 Å². The Kier molecular flexibility index (Phi) is 5.64. The minimum Gasteiger partial charge on any atom is -0.379 e. The fourth-order valence-corrected chi connectivity index (χ4v) is 2.47. The fraction of sp³-hybridized carbons (Fsp3) is 0.562. The molecule has 1 saturated heterocycles. The van der Waals surface area contributed by atoms with E-state index in [9.17, 15) is 18.0 Å². The van der Waals surface area contributed by atoms with Crippen molar-refractivity contribution in [3.63, 3.8) is 0 Å². The van der Waals surface area contributed by atoms with E-state index in [1.54, 1.807) is 13.8 Å². The summed E-state index contributed by atoms with van der Waals surface area (Å²) in [4.78, 5) is 13.7. The number of nitrogens with zero attached hydrogens (tertiary/aromatic N) is 1. The van der Waals surface area contributed by atoms with E-state index in [1.807, 2.05) is 0 Å². The van der Waals surface area contributed by atoms with Crippen LogP contribution in [0.25, 0.3) is 0 Å². The molecule has 1 unspecified atom stereocenters. The Labute approximate surface area is 133 Å². The van der Waals surface area contributed by atoms with Crippen molar-refractivity contribution in [3.8, 4) is 0 Å². The molecular formula is C16H20F3NO3. The highest BCUT2D eigenvalue weighted by Gasteiger charge is 2.31. The van der Waals surface area contributed by atoms with Gasteiger partial charge in [-0.3, -0.25) is 4.79 Å². The second-order valence-electron chi connectivity index (χ2n) is 5.70. The average molecular weight is 331 g/mol. The van der Waals surface area contributed by atoms with Gasteiger partial charge in [-0.15, -0.1) is 0 Å². The van der Waals surface area contributed by atoms with Gasteiger partial charge in [0.25, 0.3) is 5.91 Å². The molecule has 0 N–H and O–H groups in total. The smallest absolute Gasteiger partial charge is 0.379 e. The van der Waals surface area contributed by atoms with Crippen molar-refractivity contribution in [3.05, 3.63) is 29.8 Å². The molecule has 4 nitrogen and oxygen atoms in total. The highest BCUT2D eigenvalue weighted by Crippen LogP contribution is 2.32. The molecule has 0 bridgehead atoms. The highest BCUT2D eigenvalue weighted by molar-refractivity contribution is 5.94. The number of anilines is 1. The van der Waals surface area contributed by atoms with E-state index in [1.165, 1.54) is 17.0 Å². The molecule has 2 rings (SSSR count). The average Bonchev–Trinajstić information content (AvgIpc) is 2.97. The number of benzene rings is 1. The summed E-state index contributed by atoms with van der Waals surface area (Å²) in [6.45, 7) is 4.36. The minimum atomic E-state index is -4.45. The van der Waals surface area contributed by atoms with Crippen LogP contribution in [0.1, 0.15) is 25.8 Å². The molecule has 1 amide bonds. The van der Waals surface area contributed by atoms with Gasteiger partial charge < -0.3 is 14.4 Å². The SMILES string of the molecule is CC(C)N(C(=O)COC1CCOC1)c1cccc(C(F)(F)F)c1. The Hall–Kier alpha value is -1.60. The van der Waals surface area contributed by atoms with E-state index in [2.05, 4.69) is 0 Å². The number of alkyl halides is 3. The molecule has 0 aliphatic carbocycles. The maximum Gasteiger partial charge on any atom is 0.416 e. The summed E-state index contributed by atoms with van der Waals surface area (Å²) in [6.07, 6.45) is -3.85. The zero-order valence-corrected chi connectivity index (χ0v) is 13.1. The van der Waals surface area contributed by atoms with Crippen LogP contribution in [0.3, 0.4) is 0 Å². The van der Waals surface area contributed by atoms with Crippen LogP contribution in [0.5, 0.6) is 0 Å². The number of ether oxygens (including phenoxy) is 2. The first-order valence-corrected chi connectivity index (χ1v) is 7.47. The van der Waals surface area contributed by atoms with Gasteiger partial charge in [0.05, 0.1) is 18.3 Å². The van der Waals surface area contributed by atoms with Crippen molar-refractivity contribution in [2.75, 3.05) is 24.7 Å². The van der Waals surface area contributed by atoms with Gasteiger partial charge in [0.2, 0.25) is 0 Å². The normalized spacial score (nSPS) is 18.4. The van der Waals surface area contributed by atoms with Crippen molar-refractivity contribution in [1.29, 1.82) is 0 Å². The molecular weight excluding hydrogens is 311 g/mol. The van der Waals surface area contributed by atoms with Crippen molar-refractivity contribution in [2.45, 2.75) is 38.6 Å². The van der Waals surface area contributed by atoms with Crippen LogP contribution in [0, 0.1) is 0 Å². The van der Waals surface area contributed by atoms with Crippen LogP contribution in [-0.4, -0.2) is 37.9 Å². The van der Waals surface area contributed by atoms with Crippen molar-refractivity contribution < 1.29 is 27.4 Å². The quantitative estimate of drug-likeness (QED) is 0.831. The van der Waals surface area contributed by atoms with Gasteiger partial charge in [-0.1, -0.05) is 6.07 Å². The summed E-state index contributed by atoms with van der Waals surface area (Å²) >= 11 is 0. The van der Waals surface area contributed by atoms with Gasteiger partial charge in [-0.2, -0.15) is 13.2 Å². The molecule has 1 heterocycles. The first-order chi connectivity index (χ1) is 10.8. The number of halogens is 3. The monoisotopic (exact) mass is 331 g/mol. The van der Waals surface area contributed by atoms with E-state index in [-0.39, 0.29) is 30.3 Å². The third-order valence-electron chi connectivity index (χ3n) is 3.57. The summed E-state index contributed by atoms with van der Waals surface area (Å²) in [5.41, 5.74) is -0.565. The number of carbonyl (C=O) groups is 1. The molecule has 1 fully saturated rings. The van der Waals surface area contributed by atoms with Gasteiger partial charge in [0.15, 0.2) is 0 Å². The zero-order valence-electron chi connectivity index (χ0n) is 13.1. The van der Waals surface area contributed by atoms with Crippen LogP contribution in [-0.2, 0) is 20.4 Å². The molecule has 1 atom stereocenters.